The van der Waals surface area contributed by atoms with Gasteiger partial charge in [0.25, 0.3) is 11.8 Å². The molecule has 0 aliphatic carbocycles. The van der Waals surface area contributed by atoms with E-state index in [4.69, 9.17) is 0 Å². The highest BCUT2D eigenvalue weighted by molar-refractivity contribution is 6.23. The first kappa shape index (κ1) is 16.9. The van der Waals surface area contributed by atoms with Crippen molar-refractivity contribution in [1.29, 1.82) is 0 Å². The van der Waals surface area contributed by atoms with Crippen LogP contribution in [0.3, 0.4) is 0 Å². The van der Waals surface area contributed by atoms with Gasteiger partial charge in [-0.3, -0.25) is 19.3 Å². The lowest BCUT2D eigenvalue weighted by Gasteiger charge is -2.25. The Labute approximate surface area is 146 Å². The fourth-order valence-corrected chi connectivity index (χ4v) is 3.01. The van der Waals surface area contributed by atoms with Crippen molar-refractivity contribution in [3.63, 3.8) is 0 Å². The second kappa shape index (κ2) is 7.30. The SMILES string of the molecule is CCCCC(C(=O)Nc1ccccc1)N1C(=O)c2ccccc2C1=O. The summed E-state index contributed by atoms with van der Waals surface area (Å²) in [5, 5.41) is 2.81. The smallest absolute Gasteiger partial charge is 0.262 e. The first-order valence-corrected chi connectivity index (χ1v) is 8.46. The summed E-state index contributed by atoms with van der Waals surface area (Å²) >= 11 is 0. The summed E-state index contributed by atoms with van der Waals surface area (Å²) in [6, 6.07) is 14.9. The van der Waals surface area contributed by atoms with Crippen LogP contribution >= 0.6 is 0 Å². The van der Waals surface area contributed by atoms with Crippen LogP contribution in [0, 0.1) is 0 Å². The zero-order valence-corrected chi connectivity index (χ0v) is 14.1. The largest absolute Gasteiger partial charge is 0.324 e. The van der Waals surface area contributed by atoms with E-state index in [0.29, 0.717) is 23.2 Å². The molecule has 128 valence electrons. The van der Waals surface area contributed by atoms with E-state index in [1.54, 1.807) is 36.4 Å². The van der Waals surface area contributed by atoms with Crippen LogP contribution in [0.1, 0.15) is 46.9 Å². The second-order valence-corrected chi connectivity index (χ2v) is 6.04. The van der Waals surface area contributed by atoms with Gasteiger partial charge in [0.2, 0.25) is 5.91 Å². The normalized spacial score (nSPS) is 14.4. The van der Waals surface area contributed by atoms with Crippen molar-refractivity contribution in [2.45, 2.75) is 32.2 Å². The second-order valence-electron chi connectivity index (χ2n) is 6.04. The maximum absolute atomic E-state index is 12.8. The van der Waals surface area contributed by atoms with Crippen molar-refractivity contribution in [1.82, 2.24) is 4.90 Å². The van der Waals surface area contributed by atoms with Crippen LogP contribution in [0.5, 0.6) is 0 Å². The van der Waals surface area contributed by atoms with Crippen molar-refractivity contribution in [2.24, 2.45) is 0 Å². The minimum atomic E-state index is -0.812. The fourth-order valence-electron chi connectivity index (χ4n) is 3.01. The van der Waals surface area contributed by atoms with Gasteiger partial charge < -0.3 is 5.32 Å². The van der Waals surface area contributed by atoms with Gasteiger partial charge in [-0.05, 0) is 30.7 Å². The zero-order chi connectivity index (χ0) is 17.8. The van der Waals surface area contributed by atoms with E-state index >= 15 is 0 Å². The van der Waals surface area contributed by atoms with Gasteiger partial charge in [-0.25, -0.2) is 0 Å². The van der Waals surface area contributed by atoms with Crippen LogP contribution in [0.2, 0.25) is 0 Å². The molecular formula is C20H20N2O3. The van der Waals surface area contributed by atoms with E-state index in [0.717, 1.165) is 17.7 Å². The molecule has 5 heteroatoms. The number of imide groups is 1. The highest BCUT2D eigenvalue weighted by Crippen LogP contribution is 2.27. The number of carbonyl (C=O) groups is 3. The number of nitrogens with zero attached hydrogens (tertiary/aromatic N) is 1. The first-order chi connectivity index (χ1) is 12.1. The standard InChI is InChI=1S/C20H20N2O3/c1-2-3-13-17(18(23)21-14-9-5-4-6-10-14)22-19(24)15-11-7-8-12-16(15)20(22)25/h4-12,17H,2-3,13H2,1H3,(H,21,23). The molecule has 1 aliphatic rings. The van der Waals surface area contributed by atoms with E-state index < -0.39 is 17.9 Å². The van der Waals surface area contributed by atoms with Crippen LogP contribution in [-0.4, -0.2) is 28.7 Å². The zero-order valence-electron chi connectivity index (χ0n) is 14.1. The Balaban J connectivity index is 1.87. The molecule has 1 unspecified atom stereocenters. The Morgan fingerprint density at radius 2 is 1.52 bits per heavy atom. The molecule has 0 bridgehead atoms. The Hall–Kier alpha value is -2.95. The number of hydrogen-bond donors (Lipinski definition) is 1. The van der Waals surface area contributed by atoms with Gasteiger partial charge in [0.1, 0.15) is 6.04 Å². The first-order valence-electron chi connectivity index (χ1n) is 8.46. The molecule has 1 atom stereocenters. The summed E-state index contributed by atoms with van der Waals surface area (Å²) in [5.74, 6) is -1.14. The van der Waals surface area contributed by atoms with Crippen LogP contribution in [0.15, 0.2) is 54.6 Å². The Morgan fingerprint density at radius 3 is 2.08 bits per heavy atom. The molecule has 1 heterocycles. The van der Waals surface area contributed by atoms with Gasteiger partial charge >= 0.3 is 0 Å². The summed E-state index contributed by atoms with van der Waals surface area (Å²) in [4.78, 5) is 39.3. The van der Waals surface area contributed by atoms with E-state index in [2.05, 4.69) is 5.32 Å². The maximum atomic E-state index is 12.8. The lowest BCUT2D eigenvalue weighted by atomic mass is 10.1. The Morgan fingerprint density at radius 1 is 0.960 bits per heavy atom. The molecule has 0 radical (unpaired) electrons. The number of hydrogen-bond acceptors (Lipinski definition) is 3. The molecule has 1 N–H and O–H groups in total. The third-order valence-electron chi connectivity index (χ3n) is 4.31. The molecule has 3 amide bonds. The molecule has 5 nitrogen and oxygen atoms in total. The highest BCUT2D eigenvalue weighted by atomic mass is 16.2. The van der Waals surface area contributed by atoms with Gasteiger partial charge in [-0.1, -0.05) is 50.1 Å². The van der Waals surface area contributed by atoms with Crippen LogP contribution in [0.4, 0.5) is 5.69 Å². The maximum Gasteiger partial charge on any atom is 0.262 e. The van der Waals surface area contributed by atoms with Gasteiger partial charge in [-0.15, -0.1) is 0 Å². The molecule has 2 aromatic carbocycles. The summed E-state index contributed by atoms with van der Waals surface area (Å²) in [5.41, 5.74) is 1.37. The van der Waals surface area contributed by atoms with Gasteiger partial charge in [0.15, 0.2) is 0 Å². The fraction of sp³-hybridized carbons (Fsp3) is 0.250. The predicted octanol–water partition coefficient (Wildman–Crippen LogP) is 3.48. The van der Waals surface area contributed by atoms with E-state index in [9.17, 15) is 14.4 Å². The Kier molecular flexibility index (Phi) is 4.93. The number of anilines is 1. The number of benzene rings is 2. The van der Waals surface area contributed by atoms with Crippen molar-refractivity contribution < 1.29 is 14.4 Å². The number of rotatable bonds is 6. The molecule has 0 fully saturated rings. The minimum absolute atomic E-state index is 0.339. The molecule has 1 aliphatic heterocycles. The molecule has 25 heavy (non-hydrogen) atoms. The number of unbranched alkanes of at least 4 members (excludes halogenated alkanes) is 1. The van der Waals surface area contributed by atoms with E-state index in [1.165, 1.54) is 0 Å². The average Bonchev–Trinajstić information content (AvgIpc) is 2.88. The van der Waals surface area contributed by atoms with Crippen LogP contribution in [-0.2, 0) is 4.79 Å². The summed E-state index contributed by atoms with van der Waals surface area (Å²) in [7, 11) is 0. The summed E-state index contributed by atoms with van der Waals surface area (Å²) < 4.78 is 0. The molecule has 0 spiro atoms. The van der Waals surface area contributed by atoms with Crippen molar-refractivity contribution >= 4 is 23.4 Å². The summed E-state index contributed by atoms with van der Waals surface area (Å²) in [6.45, 7) is 2.01. The lowest BCUT2D eigenvalue weighted by molar-refractivity contribution is -0.120. The Bertz CT molecular complexity index is 767. The number of fused-ring (bicyclic) bond motifs is 1. The number of para-hydroxylation sites is 1. The molecule has 0 saturated carbocycles. The van der Waals surface area contributed by atoms with Crippen LogP contribution in [0.25, 0.3) is 0 Å². The number of nitrogens with one attached hydrogen (secondary N) is 1. The summed E-state index contributed by atoms with van der Waals surface area (Å²) in [6.07, 6.45) is 2.07. The van der Waals surface area contributed by atoms with Crippen LogP contribution < -0.4 is 5.32 Å². The molecular weight excluding hydrogens is 316 g/mol. The number of carbonyl (C=O) groups excluding carboxylic acids is 3. The molecule has 3 rings (SSSR count). The van der Waals surface area contributed by atoms with Crippen molar-refractivity contribution in [2.75, 3.05) is 5.32 Å². The quantitative estimate of drug-likeness (QED) is 0.821. The van der Waals surface area contributed by atoms with Crippen molar-refractivity contribution in [3.05, 3.63) is 65.7 Å². The van der Waals surface area contributed by atoms with Gasteiger partial charge in [0, 0.05) is 5.69 Å². The average molecular weight is 336 g/mol. The lowest BCUT2D eigenvalue weighted by Crippen LogP contribution is -2.47. The molecule has 0 aromatic heterocycles. The van der Waals surface area contributed by atoms with E-state index in [1.807, 2.05) is 25.1 Å². The minimum Gasteiger partial charge on any atom is -0.324 e. The van der Waals surface area contributed by atoms with E-state index in [-0.39, 0.29) is 5.91 Å². The topological polar surface area (TPSA) is 66.5 Å². The highest BCUT2D eigenvalue weighted by Gasteiger charge is 2.42. The monoisotopic (exact) mass is 336 g/mol. The van der Waals surface area contributed by atoms with Crippen molar-refractivity contribution in [3.8, 4) is 0 Å². The third-order valence-corrected chi connectivity index (χ3v) is 4.31. The molecule has 0 saturated heterocycles. The number of amides is 3. The predicted molar refractivity (Wildman–Crippen MR) is 95.3 cm³/mol. The molecule has 2 aromatic rings. The van der Waals surface area contributed by atoms with Gasteiger partial charge in [0.05, 0.1) is 11.1 Å². The third kappa shape index (κ3) is 3.31. The van der Waals surface area contributed by atoms with Gasteiger partial charge in [-0.2, -0.15) is 0 Å².